The first-order chi connectivity index (χ1) is 28.3. The summed E-state index contributed by atoms with van der Waals surface area (Å²) in [6.07, 6.45) is 0. The van der Waals surface area contributed by atoms with Crippen molar-refractivity contribution in [2.24, 2.45) is 0 Å². The van der Waals surface area contributed by atoms with Gasteiger partial charge in [0.15, 0.2) is 0 Å². The molecule has 0 saturated carbocycles. The molecular weight excluding hydrogens is 689 g/mol. The minimum atomic E-state index is -0.486. The van der Waals surface area contributed by atoms with Crippen LogP contribution in [0.4, 0.5) is 17.1 Å². The molecule has 0 spiro atoms. The standard InChI is InChI=1S/C55H38N2/c1-5-17-39(18-6-1)40-29-31-44(32-30-40)57-53-28-16-14-26-49(53)50-37-45(34-36-54(50)57)56(43-23-11-4-12-24-43)46-33-35-48-47-25-13-15-27-51(47)55(52(48)38-46,41-19-7-2-8-20-41)42-21-9-3-10-22-42/h1-38H. The molecule has 1 aromatic heterocycles. The Hall–Kier alpha value is -7.42. The number of para-hydroxylation sites is 2. The van der Waals surface area contributed by atoms with Crippen LogP contribution in [0.1, 0.15) is 22.3 Å². The van der Waals surface area contributed by atoms with E-state index in [0.717, 1.165) is 22.7 Å². The highest BCUT2D eigenvalue weighted by Crippen LogP contribution is 2.57. The van der Waals surface area contributed by atoms with Crippen molar-refractivity contribution in [3.05, 3.63) is 253 Å². The Bertz CT molecular complexity index is 3000. The molecule has 0 aliphatic heterocycles. The van der Waals surface area contributed by atoms with E-state index < -0.39 is 5.41 Å². The summed E-state index contributed by atoms with van der Waals surface area (Å²) in [5.41, 5.74) is 16.5. The maximum absolute atomic E-state index is 2.45. The van der Waals surface area contributed by atoms with E-state index >= 15 is 0 Å². The number of anilines is 3. The van der Waals surface area contributed by atoms with Gasteiger partial charge < -0.3 is 9.47 Å². The molecule has 0 saturated heterocycles. The highest BCUT2D eigenvalue weighted by Gasteiger charge is 2.46. The van der Waals surface area contributed by atoms with Crippen molar-refractivity contribution in [1.82, 2.24) is 4.57 Å². The Morgan fingerprint density at radius 1 is 0.333 bits per heavy atom. The molecule has 2 nitrogen and oxygen atoms in total. The third kappa shape index (κ3) is 5.18. The van der Waals surface area contributed by atoms with Crippen molar-refractivity contribution in [2.45, 2.75) is 5.41 Å². The molecule has 0 amide bonds. The second-order valence-corrected chi connectivity index (χ2v) is 14.9. The summed E-state index contributed by atoms with van der Waals surface area (Å²) in [4.78, 5) is 2.42. The van der Waals surface area contributed by atoms with Crippen molar-refractivity contribution < 1.29 is 0 Å². The van der Waals surface area contributed by atoms with Gasteiger partial charge in [-0.05, 0) is 105 Å². The second-order valence-electron chi connectivity index (χ2n) is 14.9. The molecule has 57 heavy (non-hydrogen) atoms. The van der Waals surface area contributed by atoms with Gasteiger partial charge in [-0.25, -0.2) is 0 Å². The van der Waals surface area contributed by atoms with Crippen LogP contribution in [0, 0.1) is 0 Å². The van der Waals surface area contributed by atoms with E-state index in [1.807, 2.05) is 0 Å². The van der Waals surface area contributed by atoms with Gasteiger partial charge in [0.05, 0.1) is 16.4 Å². The van der Waals surface area contributed by atoms with Gasteiger partial charge in [0.25, 0.3) is 0 Å². The molecular formula is C55H38N2. The van der Waals surface area contributed by atoms with E-state index in [1.54, 1.807) is 0 Å². The minimum absolute atomic E-state index is 0.486. The van der Waals surface area contributed by atoms with Gasteiger partial charge in [-0.15, -0.1) is 0 Å². The number of benzene rings is 9. The van der Waals surface area contributed by atoms with Crippen molar-refractivity contribution in [3.63, 3.8) is 0 Å². The fourth-order valence-electron chi connectivity index (χ4n) is 9.41. The van der Waals surface area contributed by atoms with Crippen molar-refractivity contribution in [2.75, 3.05) is 4.90 Å². The second kappa shape index (κ2) is 13.4. The molecule has 1 aliphatic carbocycles. The number of fused-ring (bicyclic) bond motifs is 6. The minimum Gasteiger partial charge on any atom is -0.310 e. The van der Waals surface area contributed by atoms with Crippen LogP contribution < -0.4 is 4.90 Å². The van der Waals surface area contributed by atoms with Crippen LogP contribution in [0.25, 0.3) is 49.7 Å². The largest absolute Gasteiger partial charge is 0.310 e. The van der Waals surface area contributed by atoms with Gasteiger partial charge in [-0.1, -0.05) is 170 Å². The van der Waals surface area contributed by atoms with Crippen LogP contribution in [0.15, 0.2) is 231 Å². The van der Waals surface area contributed by atoms with Crippen LogP contribution in [0.5, 0.6) is 0 Å². The monoisotopic (exact) mass is 726 g/mol. The maximum atomic E-state index is 2.45. The zero-order valence-corrected chi connectivity index (χ0v) is 31.3. The number of rotatable bonds is 7. The molecule has 1 aliphatic rings. The maximum Gasteiger partial charge on any atom is 0.0714 e. The third-order valence-corrected chi connectivity index (χ3v) is 11.9. The highest BCUT2D eigenvalue weighted by molar-refractivity contribution is 6.10. The Balaban J connectivity index is 1.11. The van der Waals surface area contributed by atoms with E-state index in [1.165, 1.54) is 66.3 Å². The molecule has 10 aromatic rings. The molecule has 2 heteroatoms. The van der Waals surface area contributed by atoms with Gasteiger partial charge in [-0.2, -0.15) is 0 Å². The number of hydrogen-bond acceptors (Lipinski definition) is 1. The quantitative estimate of drug-likeness (QED) is 0.159. The molecule has 0 atom stereocenters. The van der Waals surface area contributed by atoms with Crippen molar-refractivity contribution in [3.8, 4) is 27.9 Å². The van der Waals surface area contributed by atoms with Crippen molar-refractivity contribution in [1.29, 1.82) is 0 Å². The summed E-state index contributed by atoms with van der Waals surface area (Å²) >= 11 is 0. The topological polar surface area (TPSA) is 8.17 Å². The van der Waals surface area contributed by atoms with Crippen LogP contribution in [-0.2, 0) is 5.41 Å². The zero-order chi connectivity index (χ0) is 37.8. The Morgan fingerprint density at radius 3 is 1.58 bits per heavy atom. The lowest BCUT2D eigenvalue weighted by molar-refractivity contribution is 0.768. The molecule has 268 valence electrons. The van der Waals surface area contributed by atoms with Crippen LogP contribution in [0.2, 0.25) is 0 Å². The summed E-state index contributed by atoms with van der Waals surface area (Å²) < 4.78 is 2.40. The summed E-state index contributed by atoms with van der Waals surface area (Å²) in [5.74, 6) is 0. The summed E-state index contributed by atoms with van der Waals surface area (Å²) in [5, 5.41) is 2.44. The van der Waals surface area contributed by atoms with E-state index in [2.05, 4.69) is 240 Å². The summed E-state index contributed by atoms with van der Waals surface area (Å²) in [6, 6.07) is 84.2. The summed E-state index contributed by atoms with van der Waals surface area (Å²) in [6.45, 7) is 0. The Kier molecular flexibility index (Phi) is 7.75. The first-order valence-electron chi connectivity index (χ1n) is 19.7. The Labute approximate surface area is 333 Å². The molecule has 0 N–H and O–H groups in total. The average Bonchev–Trinajstić information content (AvgIpc) is 3.78. The van der Waals surface area contributed by atoms with Gasteiger partial charge in [0, 0.05) is 33.5 Å². The Morgan fingerprint density at radius 2 is 0.860 bits per heavy atom. The van der Waals surface area contributed by atoms with Gasteiger partial charge in [-0.3, -0.25) is 0 Å². The molecule has 1 heterocycles. The molecule has 11 rings (SSSR count). The zero-order valence-electron chi connectivity index (χ0n) is 31.3. The van der Waals surface area contributed by atoms with Crippen LogP contribution in [0.3, 0.4) is 0 Å². The van der Waals surface area contributed by atoms with Gasteiger partial charge in [0.2, 0.25) is 0 Å². The first-order valence-corrected chi connectivity index (χ1v) is 19.7. The van der Waals surface area contributed by atoms with Crippen LogP contribution >= 0.6 is 0 Å². The van der Waals surface area contributed by atoms with Gasteiger partial charge in [0.1, 0.15) is 0 Å². The molecule has 0 unspecified atom stereocenters. The average molecular weight is 727 g/mol. The molecule has 0 bridgehead atoms. The lowest BCUT2D eigenvalue weighted by atomic mass is 9.67. The van der Waals surface area contributed by atoms with E-state index in [9.17, 15) is 0 Å². The number of hydrogen-bond donors (Lipinski definition) is 0. The first kappa shape index (κ1) is 33.0. The fraction of sp³-hybridized carbons (Fsp3) is 0.0182. The highest BCUT2D eigenvalue weighted by atomic mass is 15.1. The van der Waals surface area contributed by atoms with E-state index in [0.29, 0.717) is 0 Å². The third-order valence-electron chi connectivity index (χ3n) is 11.9. The predicted octanol–water partition coefficient (Wildman–Crippen LogP) is 14.3. The smallest absolute Gasteiger partial charge is 0.0714 e. The lowest BCUT2D eigenvalue weighted by Gasteiger charge is -2.35. The van der Waals surface area contributed by atoms with E-state index in [4.69, 9.17) is 0 Å². The lowest BCUT2D eigenvalue weighted by Crippen LogP contribution is -2.28. The molecule has 9 aromatic carbocycles. The SMILES string of the molecule is c1ccc(-c2ccc(-n3c4ccccc4c4cc(N(c5ccccc5)c5ccc6c(c5)C(c5ccccc5)(c5ccccc5)c5ccccc5-6)ccc43)cc2)cc1. The number of nitrogens with zero attached hydrogens (tertiary/aromatic N) is 2. The molecule has 0 fully saturated rings. The summed E-state index contributed by atoms with van der Waals surface area (Å²) in [7, 11) is 0. The van der Waals surface area contributed by atoms with Crippen molar-refractivity contribution >= 4 is 38.9 Å². The van der Waals surface area contributed by atoms with Gasteiger partial charge >= 0.3 is 0 Å². The van der Waals surface area contributed by atoms with E-state index in [-0.39, 0.29) is 0 Å². The van der Waals surface area contributed by atoms with Crippen LogP contribution in [-0.4, -0.2) is 4.57 Å². The number of aromatic nitrogens is 1. The fourth-order valence-corrected chi connectivity index (χ4v) is 9.41. The molecule has 0 radical (unpaired) electrons. The predicted molar refractivity (Wildman–Crippen MR) is 238 cm³/mol. The normalized spacial score (nSPS) is 12.7.